The van der Waals surface area contributed by atoms with Crippen molar-refractivity contribution in [1.29, 1.82) is 0 Å². The van der Waals surface area contributed by atoms with E-state index in [4.69, 9.17) is 0 Å². The lowest BCUT2D eigenvalue weighted by molar-refractivity contribution is 0.702. The lowest BCUT2D eigenvalue weighted by atomic mass is 10.0. The zero-order valence-corrected chi connectivity index (χ0v) is 15.7. The number of aromatic amines is 1. The van der Waals surface area contributed by atoms with Crippen LogP contribution < -0.4 is 10.9 Å². The van der Waals surface area contributed by atoms with Gasteiger partial charge in [0.2, 0.25) is 0 Å². The fourth-order valence-corrected chi connectivity index (χ4v) is 2.87. The van der Waals surface area contributed by atoms with E-state index in [0.29, 0.717) is 11.4 Å². The molecule has 0 amide bonds. The number of anilines is 1. The maximum absolute atomic E-state index is 12.0. The van der Waals surface area contributed by atoms with Crippen molar-refractivity contribution in [2.75, 3.05) is 5.32 Å². The van der Waals surface area contributed by atoms with Crippen LogP contribution in [0.15, 0.2) is 66.1 Å². The fraction of sp³-hybridized carbons (Fsp3) is 0.227. The van der Waals surface area contributed by atoms with Gasteiger partial charge in [-0.05, 0) is 44.4 Å². The molecular formula is C22H24N4O. The summed E-state index contributed by atoms with van der Waals surface area (Å²) in [6.07, 6.45) is 5.50. The van der Waals surface area contributed by atoms with Crippen LogP contribution in [0, 0.1) is 13.8 Å². The van der Waals surface area contributed by atoms with Crippen molar-refractivity contribution in [2.45, 2.75) is 32.7 Å². The van der Waals surface area contributed by atoms with E-state index in [1.807, 2.05) is 43.3 Å². The van der Waals surface area contributed by atoms with E-state index in [9.17, 15) is 4.79 Å². The Hall–Kier alpha value is -3.21. The number of aryl methyl sites for hydroxylation is 1. The molecule has 1 unspecified atom stereocenters. The Labute approximate surface area is 159 Å². The third-order valence-electron chi connectivity index (χ3n) is 4.62. The van der Waals surface area contributed by atoms with Crippen LogP contribution in [0.3, 0.4) is 0 Å². The smallest absolute Gasteiger partial charge is 0.254 e. The first kappa shape index (κ1) is 18.6. The molecule has 138 valence electrons. The highest BCUT2D eigenvalue weighted by atomic mass is 16.1. The summed E-state index contributed by atoms with van der Waals surface area (Å²) in [7, 11) is 0. The first-order valence-corrected chi connectivity index (χ1v) is 9.05. The molecule has 0 aliphatic heterocycles. The van der Waals surface area contributed by atoms with Gasteiger partial charge in [0.05, 0.1) is 6.04 Å². The first-order valence-electron chi connectivity index (χ1n) is 9.05. The summed E-state index contributed by atoms with van der Waals surface area (Å²) < 4.78 is 0. The lowest BCUT2D eigenvalue weighted by Gasteiger charge is -2.19. The number of hydrogen-bond donors (Lipinski definition) is 2. The minimum Gasteiger partial charge on any atom is -0.363 e. The molecule has 5 nitrogen and oxygen atoms in total. The molecule has 2 aromatic heterocycles. The van der Waals surface area contributed by atoms with Crippen molar-refractivity contribution in [2.24, 2.45) is 0 Å². The van der Waals surface area contributed by atoms with Gasteiger partial charge in [0.1, 0.15) is 11.6 Å². The normalized spacial score (nSPS) is 11.8. The van der Waals surface area contributed by atoms with Crippen LogP contribution in [-0.4, -0.2) is 15.0 Å². The zero-order valence-electron chi connectivity index (χ0n) is 15.7. The molecule has 0 radical (unpaired) electrons. The summed E-state index contributed by atoms with van der Waals surface area (Å²) in [6, 6.07) is 14.3. The Morgan fingerprint density at radius 1 is 1.19 bits per heavy atom. The molecule has 1 atom stereocenters. The number of rotatable bonds is 7. The van der Waals surface area contributed by atoms with Crippen molar-refractivity contribution in [3.8, 4) is 11.4 Å². The van der Waals surface area contributed by atoms with Gasteiger partial charge in [-0.15, -0.1) is 6.58 Å². The summed E-state index contributed by atoms with van der Waals surface area (Å²) in [5.41, 5.74) is 3.24. The van der Waals surface area contributed by atoms with Crippen molar-refractivity contribution < 1.29 is 0 Å². The van der Waals surface area contributed by atoms with Gasteiger partial charge in [-0.25, -0.2) is 9.97 Å². The molecular weight excluding hydrogens is 336 g/mol. The Kier molecular flexibility index (Phi) is 5.81. The molecule has 0 fully saturated rings. The number of aromatic nitrogens is 3. The molecule has 1 aromatic carbocycles. The van der Waals surface area contributed by atoms with Crippen molar-refractivity contribution in [3.63, 3.8) is 0 Å². The van der Waals surface area contributed by atoms with Crippen molar-refractivity contribution >= 4 is 5.82 Å². The second-order valence-electron chi connectivity index (χ2n) is 6.53. The summed E-state index contributed by atoms with van der Waals surface area (Å²) in [6.45, 7) is 7.42. The quantitative estimate of drug-likeness (QED) is 0.606. The van der Waals surface area contributed by atoms with Crippen LogP contribution >= 0.6 is 0 Å². The second-order valence-corrected chi connectivity index (χ2v) is 6.53. The standard InChI is InChI=1S/C22H24N4O/c1-4-5-11-19(17-9-7-6-8-10-17)25-20-13-12-18(14-23-20)21-24-16(3)15(2)22(27)26-21/h4,6-10,12-14,19H,1,5,11H2,2-3H3,(H,23,25)(H,24,26,27). The van der Waals surface area contributed by atoms with Crippen LogP contribution in [0.2, 0.25) is 0 Å². The van der Waals surface area contributed by atoms with Gasteiger partial charge in [0, 0.05) is 23.0 Å². The van der Waals surface area contributed by atoms with Gasteiger partial charge in [0.25, 0.3) is 5.56 Å². The summed E-state index contributed by atoms with van der Waals surface area (Å²) in [5, 5.41) is 3.49. The van der Waals surface area contributed by atoms with Crippen LogP contribution in [0.25, 0.3) is 11.4 Å². The minimum absolute atomic E-state index is 0.117. The number of hydrogen-bond acceptors (Lipinski definition) is 4. The molecule has 3 aromatic rings. The van der Waals surface area contributed by atoms with Gasteiger partial charge in [-0.3, -0.25) is 4.79 Å². The van der Waals surface area contributed by atoms with Gasteiger partial charge < -0.3 is 10.3 Å². The van der Waals surface area contributed by atoms with E-state index >= 15 is 0 Å². The fourth-order valence-electron chi connectivity index (χ4n) is 2.87. The van der Waals surface area contributed by atoms with E-state index in [1.54, 1.807) is 13.1 Å². The van der Waals surface area contributed by atoms with Gasteiger partial charge in [-0.2, -0.15) is 0 Å². The maximum atomic E-state index is 12.0. The molecule has 2 heterocycles. The SMILES string of the molecule is C=CCCC(Nc1ccc(-c2nc(C)c(C)c(=O)[nH]2)cn1)c1ccccc1. The topological polar surface area (TPSA) is 70.7 Å². The molecule has 0 saturated heterocycles. The van der Waals surface area contributed by atoms with Crippen molar-refractivity contribution in [1.82, 2.24) is 15.0 Å². The van der Waals surface area contributed by atoms with Crippen molar-refractivity contribution in [3.05, 3.63) is 88.5 Å². The van der Waals surface area contributed by atoms with E-state index < -0.39 is 0 Å². The number of allylic oxidation sites excluding steroid dienone is 1. The van der Waals surface area contributed by atoms with Gasteiger partial charge in [-0.1, -0.05) is 36.4 Å². The third kappa shape index (κ3) is 4.50. The monoisotopic (exact) mass is 360 g/mol. The Morgan fingerprint density at radius 3 is 2.59 bits per heavy atom. The predicted octanol–water partition coefficient (Wildman–Crippen LogP) is 4.57. The molecule has 5 heteroatoms. The Balaban J connectivity index is 1.81. The highest BCUT2D eigenvalue weighted by Gasteiger charge is 2.12. The van der Waals surface area contributed by atoms with Crippen LogP contribution in [0.4, 0.5) is 5.82 Å². The first-order chi connectivity index (χ1) is 13.1. The highest BCUT2D eigenvalue weighted by Crippen LogP contribution is 2.24. The number of nitrogens with zero attached hydrogens (tertiary/aromatic N) is 2. The average Bonchev–Trinajstić information content (AvgIpc) is 2.70. The minimum atomic E-state index is -0.117. The van der Waals surface area contributed by atoms with E-state index in [1.165, 1.54) is 5.56 Å². The lowest BCUT2D eigenvalue weighted by Crippen LogP contribution is -2.14. The van der Waals surface area contributed by atoms with Crippen LogP contribution in [-0.2, 0) is 0 Å². The highest BCUT2D eigenvalue weighted by molar-refractivity contribution is 5.56. The predicted molar refractivity (Wildman–Crippen MR) is 110 cm³/mol. The largest absolute Gasteiger partial charge is 0.363 e. The van der Waals surface area contributed by atoms with E-state index in [-0.39, 0.29) is 11.6 Å². The molecule has 2 N–H and O–H groups in total. The molecule has 0 spiro atoms. The van der Waals surface area contributed by atoms with Crippen LogP contribution in [0.1, 0.15) is 35.7 Å². The summed E-state index contributed by atoms with van der Waals surface area (Å²) >= 11 is 0. The number of H-pyrrole nitrogens is 1. The number of nitrogens with one attached hydrogen (secondary N) is 2. The van der Waals surface area contributed by atoms with E-state index in [2.05, 4.69) is 39.0 Å². The molecule has 3 rings (SSSR count). The zero-order chi connectivity index (χ0) is 19.2. The Bertz CT molecular complexity index is 962. The number of pyridine rings is 1. The molecule has 0 bridgehead atoms. The van der Waals surface area contributed by atoms with Gasteiger partial charge in [0.15, 0.2) is 0 Å². The summed E-state index contributed by atoms with van der Waals surface area (Å²) in [5.74, 6) is 1.32. The summed E-state index contributed by atoms with van der Waals surface area (Å²) in [4.78, 5) is 23.7. The molecule has 0 saturated carbocycles. The van der Waals surface area contributed by atoms with Crippen LogP contribution in [0.5, 0.6) is 0 Å². The van der Waals surface area contributed by atoms with Gasteiger partial charge >= 0.3 is 0 Å². The number of benzene rings is 1. The Morgan fingerprint density at radius 2 is 1.96 bits per heavy atom. The molecule has 0 aliphatic carbocycles. The molecule has 0 aliphatic rings. The van der Waals surface area contributed by atoms with E-state index in [0.717, 1.165) is 29.9 Å². The average molecular weight is 360 g/mol. The second kappa shape index (κ2) is 8.45. The third-order valence-corrected chi connectivity index (χ3v) is 4.62. The maximum Gasteiger partial charge on any atom is 0.254 e. The molecule has 27 heavy (non-hydrogen) atoms.